The smallest absolute Gasteiger partial charge is 0.223 e. The maximum atomic E-state index is 6.42. The van der Waals surface area contributed by atoms with E-state index >= 15 is 0 Å². The number of aromatic nitrogens is 2. The van der Waals surface area contributed by atoms with Crippen LogP contribution in [0.4, 0.5) is 0 Å². The van der Waals surface area contributed by atoms with Gasteiger partial charge >= 0.3 is 0 Å². The van der Waals surface area contributed by atoms with Crippen LogP contribution in [0, 0.1) is 12.8 Å². The molecular weight excluding hydrogens is 192 g/mol. The van der Waals surface area contributed by atoms with Crippen molar-refractivity contribution in [3.8, 4) is 0 Å². The van der Waals surface area contributed by atoms with Gasteiger partial charge in [-0.3, -0.25) is 0 Å². The van der Waals surface area contributed by atoms with Gasteiger partial charge in [0.1, 0.15) is 0 Å². The van der Waals surface area contributed by atoms with Crippen molar-refractivity contribution in [2.45, 2.75) is 32.2 Å². The summed E-state index contributed by atoms with van der Waals surface area (Å²) in [5.74, 6) is 1.62. The summed E-state index contributed by atoms with van der Waals surface area (Å²) < 4.78 is 5.01. The van der Waals surface area contributed by atoms with Gasteiger partial charge in [-0.25, -0.2) is 0 Å². The summed E-state index contributed by atoms with van der Waals surface area (Å²) in [5, 5.41) is 7.32. The molecule has 15 heavy (non-hydrogen) atoms. The molecule has 0 saturated carbocycles. The molecule has 2 heterocycles. The molecule has 0 bridgehead atoms. The lowest BCUT2D eigenvalue weighted by Gasteiger charge is -2.38. The van der Waals surface area contributed by atoms with E-state index in [9.17, 15) is 0 Å². The fourth-order valence-corrected chi connectivity index (χ4v) is 2.25. The van der Waals surface area contributed by atoms with Crippen LogP contribution in [0.1, 0.15) is 31.5 Å². The van der Waals surface area contributed by atoms with Crippen molar-refractivity contribution in [3.63, 3.8) is 0 Å². The minimum absolute atomic E-state index is 0.378. The summed E-state index contributed by atoms with van der Waals surface area (Å²) in [6.07, 6.45) is 1.89. The third kappa shape index (κ3) is 1.77. The molecule has 1 saturated heterocycles. The average molecular weight is 210 g/mol. The van der Waals surface area contributed by atoms with Crippen LogP contribution in [0.5, 0.6) is 0 Å². The Bertz CT molecular complexity index is 338. The van der Waals surface area contributed by atoms with E-state index in [1.807, 2.05) is 0 Å². The Balaban J connectivity index is 2.29. The summed E-state index contributed by atoms with van der Waals surface area (Å²) in [6, 6.07) is 0. The number of aryl methyl sites for hydroxylation is 1. The minimum Gasteiger partial charge on any atom is -0.340 e. The van der Waals surface area contributed by atoms with E-state index in [0.717, 1.165) is 25.9 Å². The molecule has 0 aromatic carbocycles. The van der Waals surface area contributed by atoms with Crippen LogP contribution in [0.2, 0.25) is 0 Å². The molecule has 2 atom stereocenters. The fraction of sp³-hybridized carbons (Fsp3) is 0.800. The maximum absolute atomic E-state index is 6.42. The second kappa shape index (κ2) is 3.90. The number of rotatable bonds is 2. The Kier molecular flexibility index (Phi) is 2.75. The quantitative estimate of drug-likeness (QED) is 0.745. The Morgan fingerprint density at radius 2 is 2.47 bits per heavy atom. The number of hydrogen-bond donors (Lipinski definition) is 2. The van der Waals surface area contributed by atoms with Gasteiger partial charge in [-0.2, -0.15) is 4.98 Å². The number of piperidine rings is 1. The third-order valence-corrected chi connectivity index (χ3v) is 3.27. The minimum atomic E-state index is -0.419. The molecule has 0 spiro atoms. The second-order valence-corrected chi connectivity index (χ2v) is 4.24. The third-order valence-electron chi connectivity index (χ3n) is 3.27. The Morgan fingerprint density at radius 1 is 1.67 bits per heavy atom. The largest absolute Gasteiger partial charge is 0.340 e. The first-order valence-corrected chi connectivity index (χ1v) is 5.47. The zero-order valence-electron chi connectivity index (χ0n) is 9.29. The summed E-state index contributed by atoms with van der Waals surface area (Å²) in [5.41, 5.74) is 6.00. The molecule has 1 aromatic rings. The van der Waals surface area contributed by atoms with Gasteiger partial charge in [-0.05, 0) is 25.3 Å². The summed E-state index contributed by atoms with van der Waals surface area (Å²) in [4.78, 5) is 4.27. The van der Waals surface area contributed by atoms with Crippen molar-refractivity contribution in [2.24, 2.45) is 11.7 Å². The van der Waals surface area contributed by atoms with Crippen LogP contribution < -0.4 is 11.1 Å². The monoisotopic (exact) mass is 210 g/mol. The lowest BCUT2D eigenvalue weighted by Crippen LogP contribution is -2.54. The molecule has 1 aliphatic heterocycles. The van der Waals surface area contributed by atoms with Gasteiger partial charge in [0.15, 0.2) is 5.82 Å². The molecule has 3 N–H and O–H groups in total. The lowest BCUT2D eigenvalue weighted by molar-refractivity contribution is 0.184. The molecule has 2 rings (SSSR count). The molecule has 0 radical (unpaired) electrons. The highest BCUT2D eigenvalue weighted by Crippen LogP contribution is 2.32. The highest BCUT2D eigenvalue weighted by molar-refractivity contribution is 5.09. The normalized spacial score (nSPS) is 31.8. The zero-order chi connectivity index (χ0) is 10.9. The van der Waals surface area contributed by atoms with Crippen molar-refractivity contribution in [2.75, 3.05) is 13.1 Å². The van der Waals surface area contributed by atoms with Crippen LogP contribution in [0.3, 0.4) is 0 Å². The number of nitrogens with zero attached hydrogens (tertiary/aromatic N) is 2. The predicted molar refractivity (Wildman–Crippen MR) is 56.2 cm³/mol. The van der Waals surface area contributed by atoms with Gasteiger partial charge in [0.2, 0.25) is 5.89 Å². The van der Waals surface area contributed by atoms with Crippen LogP contribution in [0.15, 0.2) is 4.52 Å². The molecule has 1 fully saturated rings. The van der Waals surface area contributed by atoms with E-state index in [-0.39, 0.29) is 0 Å². The lowest BCUT2D eigenvalue weighted by atomic mass is 9.77. The van der Waals surface area contributed by atoms with Gasteiger partial charge in [-0.15, -0.1) is 0 Å². The standard InChI is InChI=1S/C10H18N4O/c1-3-8-6-12-5-4-10(8,11)9-13-7(2)15-14-9/h8,12H,3-6,11H2,1-2H3. The molecule has 0 aliphatic carbocycles. The second-order valence-electron chi connectivity index (χ2n) is 4.24. The Labute approximate surface area is 89.4 Å². The molecule has 2 unspecified atom stereocenters. The molecule has 5 heteroatoms. The van der Waals surface area contributed by atoms with E-state index in [1.165, 1.54) is 0 Å². The first-order valence-electron chi connectivity index (χ1n) is 5.47. The Hall–Kier alpha value is -0.940. The molecule has 84 valence electrons. The molecule has 1 aliphatic rings. The first kappa shape index (κ1) is 10.6. The highest BCUT2D eigenvalue weighted by atomic mass is 16.5. The van der Waals surface area contributed by atoms with Gasteiger partial charge in [0.25, 0.3) is 0 Å². The van der Waals surface area contributed by atoms with Crippen LogP contribution >= 0.6 is 0 Å². The number of nitrogens with one attached hydrogen (secondary N) is 1. The molecule has 0 amide bonds. The SMILES string of the molecule is CCC1CNCCC1(N)c1noc(C)n1. The van der Waals surface area contributed by atoms with Crippen molar-refractivity contribution < 1.29 is 4.52 Å². The van der Waals surface area contributed by atoms with E-state index in [0.29, 0.717) is 17.6 Å². The average Bonchev–Trinajstić information content (AvgIpc) is 2.66. The molecular formula is C10H18N4O. The van der Waals surface area contributed by atoms with Gasteiger partial charge in [-0.1, -0.05) is 12.1 Å². The van der Waals surface area contributed by atoms with Crippen molar-refractivity contribution in [1.29, 1.82) is 0 Å². The van der Waals surface area contributed by atoms with E-state index in [1.54, 1.807) is 6.92 Å². The fourth-order valence-electron chi connectivity index (χ4n) is 2.25. The van der Waals surface area contributed by atoms with Crippen molar-refractivity contribution in [1.82, 2.24) is 15.5 Å². The van der Waals surface area contributed by atoms with E-state index in [2.05, 4.69) is 22.4 Å². The summed E-state index contributed by atoms with van der Waals surface area (Å²) >= 11 is 0. The molecule has 5 nitrogen and oxygen atoms in total. The number of hydrogen-bond acceptors (Lipinski definition) is 5. The summed E-state index contributed by atoms with van der Waals surface area (Å²) in [6.45, 7) is 5.79. The predicted octanol–water partition coefficient (Wildman–Crippen LogP) is 0.552. The first-order chi connectivity index (χ1) is 7.16. The Morgan fingerprint density at radius 3 is 3.07 bits per heavy atom. The maximum Gasteiger partial charge on any atom is 0.223 e. The van der Waals surface area contributed by atoms with Crippen LogP contribution in [-0.2, 0) is 5.54 Å². The number of nitrogens with two attached hydrogens (primary N) is 1. The van der Waals surface area contributed by atoms with E-state index in [4.69, 9.17) is 10.3 Å². The topological polar surface area (TPSA) is 77.0 Å². The van der Waals surface area contributed by atoms with Gasteiger partial charge in [0.05, 0.1) is 5.54 Å². The van der Waals surface area contributed by atoms with Crippen molar-refractivity contribution >= 4 is 0 Å². The molecule has 1 aromatic heterocycles. The van der Waals surface area contributed by atoms with Crippen LogP contribution in [-0.4, -0.2) is 23.2 Å². The van der Waals surface area contributed by atoms with Crippen LogP contribution in [0.25, 0.3) is 0 Å². The van der Waals surface area contributed by atoms with Gasteiger partial charge in [0, 0.05) is 13.5 Å². The highest BCUT2D eigenvalue weighted by Gasteiger charge is 2.41. The van der Waals surface area contributed by atoms with Crippen molar-refractivity contribution in [3.05, 3.63) is 11.7 Å². The summed E-state index contributed by atoms with van der Waals surface area (Å²) in [7, 11) is 0. The zero-order valence-corrected chi connectivity index (χ0v) is 9.29. The van der Waals surface area contributed by atoms with Gasteiger partial charge < -0.3 is 15.6 Å². The van der Waals surface area contributed by atoms with E-state index < -0.39 is 5.54 Å².